The van der Waals surface area contributed by atoms with Gasteiger partial charge in [-0.05, 0) is 86.6 Å². The number of carbonyl (C=O) groups excluding carboxylic acids is 1. The molecule has 0 saturated carbocycles. The maximum atomic E-state index is 13.4. The van der Waals surface area contributed by atoms with Crippen LogP contribution in [0, 0.1) is 6.92 Å². The second-order valence-electron chi connectivity index (χ2n) is 10.8. The van der Waals surface area contributed by atoms with E-state index in [0.717, 1.165) is 47.5 Å². The molecule has 1 aliphatic rings. The Bertz CT molecular complexity index is 1460. The first kappa shape index (κ1) is 26.6. The Morgan fingerprint density at radius 3 is 2.72 bits per heavy atom. The van der Waals surface area contributed by atoms with Gasteiger partial charge in [0.25, 0.3) is 5.91 Å². The summed E-state index contributed by atoms with van der Waals surface area (Å²) in [5, 5.41) is 14.5. The van der Waals surface area contributed by atoms with E-state index in [-0.39, 0.29) is 17.8 Å². The quantitative estimate of drug-likeness (QED) is 0.295. The molecule has 39 heavy (non-hydrogen) atoms. The normalized spacial score (nSPS) is 14.7. The van der Waals surface area contributed by atoms with Crippen LogP contribution in [0.25, 0.3) is 11.1 Å². The molecule has 1 atom stereocenters. The first-order valence-corrected chi connectivity index (χ1v) is 13.4. The lowest BCUT2D eigenvalue weighted by Gasteiger charge is -2.18. The number of carbonyl (C=O) groups is 1. The van der Waals surface area contributed by atoms with Gasteiger partial charge in [0.2, 0.25) is 5.82 Å². The SMILES string of the molecule is Cc1ccc(OCCCC(C)(C)O)cc1-c1ccnc(N(C)C(=O)c2nc3n(n2)C(c2ccccc2)CC3)c1. The Hall–Kier alpha value is -4.04. The highest BCUT2D eigenvalue weighted by atomic mass is 16.5. The number of hydrogen-bond donors (Lipinski definition) is 1. The maximum absolute atomic E-state index is 13.4. The fourth-order valence-electron chi connectivity index (χ4n) is 4.96. The molecule has 0 saturated heterocycles. The smallest absolute Gasteiger partial charge is 0.298 e. The van der Waals surface area contributed by atoms with Crippen molar-refractivity contribution in [3.63, 3.8) is 0 Å². The summed E-state index contributed by atoms with van der Waals surface area (Å²) in [6.07, 6.45) is 4.84. The van der Waals surface area contributed by atoms with Crippen molar-refractivity contribution in [3.05, 3.63) is 89.6 Å². The van der Waals surface area contributed by atoms with Gasteiger partial charge in [-0.3, -0.25) is 9.69 Å². The van der Waals surface area contributed by atoms with Gasteiger partial charge in [0, 0.05) is 19.7 Å². The van der Waals surface area contributed by atoms with Crippen molar-refractivity contribution < 1.29 is 14.6 Å². The average Bonchev–Trinajstić information content (AvgIpc) is 3.52. The Balaban J connectivity index is 1.32. The lowest BCUT2D eigenvalue weighted by molar-refractivity contribution is 0.0641. The molecule has 0 aliphatic carbocycles. The summed E-state index contributed by atoms with van der Waals surface area (Å²) in [5.74, 6) is 1.99. The number of amides is 1. The molecule has 1 amide bonds. The molecule has 1 N–H and O–H groups in total. The van der Waals surface area contributed by atoms with E-state index in [9.17, 15) is 9.90 Å². The van der Waals surface area contributed by atoms with Crippen LogP contribution in [0.1, 0.15) is 66.7 Å². The molecule has 202 valence electrons. The molecule has 0 spiro atoms. The zero-order chi connectivity index (χ0) is 27.6. The van der Waals surface area contributed by atoms with Crippen LogP contribution in [-0.2, 0) is 6.42 Å². The van der Waals surface area contributed by atoms with Crippen molar-refractivity contribution in [2.45, 2.75) is 58.1 Å². The van der Waals surface area contributed by atoms with E-state index in [2.05, 4.69) is 27.2 Å². The number of benzene rings is 2. The highest BCUT2D eigenvalue weighted by molar-refractivity contribution is 6.02. The first-order chi connectivity index (χ1) is 18.7. The largest absolute Gasteiger partial charge is 0.494 e. The average molecular weight is 526 g/mol. The van der Waals surface area contributed by atoms with Crippen molar-refractivity contribution in [3.8, 4) is 16.9 Å². The van der Waals surface area contributed by atoms with Crippen molar-refractivity contribution >= 4 is 11.7 Å². The van der Waals surface area contributed by atoms with Crippen LogP contribution in [0.2, 0.25) is 0 Å². The van der Waals surface area contributed by atoms with E-state index in [1.165, 1.54) is 10.5 Å². The van der Waals surface area contributed by atoms with Crippen LogP contribution in [0.4, 0.5) is 5.82 Å². The second-order valence-corrected chi connectivity index (χ2v) is 10.8. The molecule has 0 bridgehead atoms. The van der Waals surface area contributed by atoms with Gasteiger partial charge in [-0.25, -0.2) is 14.6 Å². The Morgan fingerprint density at radius 1 is 1.15 bits per heavy atom. The summed E-state index contributed by atoms with van der Waals surface area (Å²) < 4.78 is 7.84. The Kier molecular flexibility index (Phi) is 7.48. The number of aromatic nitrogens is 4. The number of rotatable bonds is 9. The third-order valence-corrected chi connectivity index (χ3v) is 7.13. The van der Waals surface area contributed by atoms with E-state index in [4.69, 9.17) is 4.74 Å². The highest BCUT2D eigenvalue weighted by Crippen LogP contribution is 2.32. The van der Waals surface area contributed by atoms with E-state index >= 15 is 0 Å². The van der Waals surface area contributed by atoms with Crippen LogP contribution >= 0.6 is 0 Å². The van der Waals surface area contributed by atoms with Crippen molar-refractivity contribution in [1.29, 1.82) is 0 Å². The van der Waals surface area contributed by atoms with Crippen LogP contribution in [0.3, 0.4) is 0 Å². The van der Waals surface area contributed by atoms with E-state index in [1.807, 2.05) is 60.1 Å². The number of fused-ring (bicyclic) bond motifs is 1. The minimum Gasteiger partial charge on any atom is -0.494 e. The lowest BCUT2D eigenvalue weighted by atomic mass is 10.0. The number of nitrogens with zero attached hydrogens (tertiary/aromatic N) is 5. The van der Waals surface area contributed by atoms with Crippen LogP contribution in [0.15, 0.2) is 66.9 Å². The number of aliphatic hydroxyl groups is 1. The number of anilines is 1. The zero-order valence-corrected chi connectivity index (χ0v) is 23.0. The van der Waals surface area contributed by atoms with Crippen molar-refractivity contribution in [1.82, 2.24) is 19.7 Å². The molecule has 0 fully saturated rings. The monoisotopic (exact) mass is 525 g/mol. The predicted molar refractivity (Wildman–Crippen MR) is 151 cm³/mol. The van der Waals surface area contributed by atoms with E-state index in [1.54, 1.807) is 27.1 Å². The highest BCUT2D eigenvalue weighted by Gasteiger charge is 2.30. The van der Waals surface area contributed by atoms with Gasteiger partial charge in [-0.2, -0.15) is 0 Å². The van der Waals surface area contributed by atoms with Gasteiger partial charge < -0.3 is 9.84 Å². The molecule has 2 aromatic heterocycles. The first-order valence-electron chi connectivity index (χ1n) is 13.4. The fourth-order valence-corrected chi connectivity index (χ4v) is 4.96. The summed E-state index contributed by atoms with van der Waals surface area (Å²) in [5.41, 5.74) is 3.49. The molecule has 2 aromatic carbocycles. The van der Waals surface area contributed by atoms with Crippen LogP contribution < -0.4 is 9.64 Å². The molecule has 8 heteroatoms. The second kappa shape index (κ2) is 11.0. The molecule has 0 radical (unpaired) electrons. The summed E-state index contributed by atoms with van der Waals surface area (Å²) in [6, 6.07) is 20.1. The lowest BCUT2D eigenvalue weighted by Crippen LogP contribution is -2.28. The predicted octanol–water partition coefficient (Wildman–Crippen LogP) is 5.39. The van der Waals surface area contributed by atoms with Crippen molar-refractivity contribution in [2.75, 3.05) is 18.6 Å². The fraction of sp³-hybridized carbons (Fsp3) is 0.355. The van der Waals surface area contributed by atoms with Crippen LogP contribution in [-0.4, -0.2) is 50.0 Å². The molecule has 5 rings (SSSR count). The number of pyridine rings is 1. The third kappa shape index (κ3) is 6.01. The van der Waals surface area contributed by atoms with Gasteiger partial charge in [0.1, 0.15) is 17.4 Å². The standard InChI is InChI=1S/C31H35N5O3/c1-21-11-12-24(39-18-8-16-31(2,3)38)20-25(21)23-15-17-32-28(19-23)35(4)30(37)29-33-27-14-13-26(36(27)34-29)22-9-6-5-7-10-22/h5-7,9-12,15,17,19-20,26,38H,8,13-14,16,18H2,1-4H3. The summed E-state index contributed by atoms with van der Waals surface area (Å²) in [6.45, 7) is 6.17. The van der Waals surface area contributed by atoms with Gasteiger partial charge in [0.05, 0.1) is 18.2 Å². The summed E-state index contributed by atoms with van der Waals surface area (Å²) >= 11 is 0. The van der Waals surface area contributed by atoms with Gasteiger partial charge in [-0.1, -0.05) is 36.4 Å². The maximum Gasteiger partial charge on any atom is 0.298 e. The van der Waals surface area contributed by atoms with Crippen LogP contribution in [0.5, 0.6) is 5.75 Å². The third-order valence-electron chi connectivity index (χ3n) is 7.13. The molecule has 8 nitrogen and oxygen atoms in total. The van der Waals surface area contributed by atoms with E-state index < -0.39 is 5.60 Å². The Labute approximate surface area is 229 Å². The minimum absolute atomic E-state index is 0.0922. The topological polar surface area (TPSA) is 93.4 Å². The zero-order valence-electron chi connectivity index (χ0n) is 23.0. The number of aryl methyl sites for hydroxylation is 2. The van der Waals surface area contributed by atoms with Crippen molar-refractivity contribution in [2.24, 2.45) is 0 Å². The summed E-state index contributed by atoms with van der Waals surface area (Å²) in [7, 11) is 1.70. The van der Waals surface area contributed by atoms with Gasteiger partial charge in [0.15, 0.2) is 0 Å². The minimum atomic E-state index is -0.700. The molecular formula is C31H35N5O3. The Morgan fingerprint density at radius 2 is 1.95 bits per heavy atom. The van der Waals surface area contributed by atoms with E-state index in [0.29, 0.717) is 18.8 Å². The molecule has 1 unspecified atom stereocenters. The molecular weight excluding hydrogens is 490 g/mol. The molecule has 1 aliphatic heterocycles. The molecule has 4 aromatic rings. The molecule has 3 heterocycles. The van der Waals surface area contributed by atoms with Gasteiger partial charge >= 0.3 is 0 Å². The summed E-state index contributed by atoms with van der Waals surface area (Å²) in [4.78, 5) is 23.9. The number of ether oxygens (including phenoxy) is 1. The number of hydrogen-bond acceptors (Lipinski definition) is 6. The van der Waals surface area contributed by atoms with Gasteiger partial charge in [-0.15, -0.1) is 5.10 Å².